The topological polar surface area (TPSA) is 59.8 Å². The molecule has 0 aliphatic carbocycles. The quantitative estimate of drug-likeness (QED) is 0.543. The minimum Gasteiger partial charge on any atom is -0.322 e. The van der Waals surface area contributed by atoms with E-state index in [4.69, 9.17) is 23.2 Å². The Morgan fingerprint density at radius 3 is 2.38 bits per heavy atom. The molecule has 0 aliphatic heterocycles. The lowest BCUT2D eigenvalue weighted by atomic mass is 10.2. The molecule has 1 amide bonds. The number of hydrogen-bond acceptors (Lipinski definition) is 3. The van der Waals surface area contributed by atoms with Gasteiger partial charge in [0.2, 0.25) is 0 Å². The lowest BCUT2D eigenvalue weighted by Gasteiger charge is -2.06. The Labute approximate surface area is 159 Å². The minimum absolute atomic E-state index is 0.279. The largest absolute Gasteiger partial charge is 0.322 e. The van der Waals surface area contributed by atoms with Gasteiger partial charge < -0.3 is 5.32 Å². The highest BCUT2D eigenvalue weighted by atomic mass is 35.5. The second-order valence-electron chi connectivity index (χ2n) is 5.61. The van der Waals surface area contributed by atoms with Crippen LogP contribution in [0.5, 0.6) is 0 Å². The normalized spacial score (nSPS) is 10.8. The fourth-order valence-electron chi connectivity index (χ4n) is 2.51. The number of amides is 1. The molecule has 0 saturated carbocycles. The van der Waals surface area contributed by atoms with Gasteiger partial charge >= 0.3 is 0 Å². The molecule has 0 radical (unpaired) electrons. The molecule has 0 bridgehead atoms. The summed E-state index contributed by atoms with van der Waals surface area (Å²) in [6.07, 6.45) is 0. The summed E-state index contributed by atoms with van der Waals surface area (Å²) in [4.78, 5) is 14.0. The molecule has 0 saturated heterocycles. The molecule has 1 aromatic heterocycles. The van der Waals surface area contributed by atoms with Crippen LogP contribution in [0.1, 0.15) is 10.4 Å². The van der Waals surface area contributed by atoms with Crippen molar-refractivity contribution in [3.8, 4) is 5.69 Å². The molecule has 0 fully saturated rings. The molecule has 26 heavy (non-hydrogen) atoms. The van der Waals surface area contributed by atoms with Crippen LogP contribution in [-0.4, -0.2) is 20.9 Å². The van der Waals surface area contributed by atoms with E-state index < -0.39 is 0 Å². The Kier molecular flexibility index (Phi) is 4.32. The first kappa shape index (κ1) is 16.6. The van der Waals surface area contributed by atoms with Crippen LogP contribution in [0.3, 0.4) is 0 Å². The maximum Gasteiger partial charge on any atom is 0.255 e. The fourth-order valence-corrected chi connectivity index (χ4v) is 2.81. The number of fused-ring (bicyclic) bond motifs is 1. The van der Waals surface area contributed by atoms with Crippen molar-refractivity contribution in [2.45, 2.75) is 0 Å². The van der Waals surface area contributed by atoms with E-state index in [1.165, 1.54) is 6.07 Å². The second-order valence-corrected chi connectivity index (χ2v) is 6.43. The van der Waals surface area contributed by atoms with Crippen LogP contribution in [-0.2, 0) is 0 Å². The molecule has 4 rings (SSSR count). The van der Waals surface area contributed by atoms with Crippen molar-refractivity contribution in [1.29, 1.82) is 0 Å². The van der Waals surface area contributed by atoms with Crippen molar-refractivity contribution in [3.63, 3.8) is 0 Å². The number of aromatic nitrogens is 3. The van der Waals surface area contributed by atoms with E-state index in [1.54, 1.807) is 29.1 Å². The number of carbonyl (C=O) groups is 1. The van der Waals surface area contributed by atoms with Crippen molar-refractivity contribution in [3.05, 3.63) is 82.3 Å². The highest BCUT2D eigenvalue weighted by Crippen LogP contribution is 2.23. The van der Waals surface area contributed by atoms with Gasteiger partial charge in [-0.3, -0.25) is 4.79 Å². The highest BCUT2D eigenvalue weighted by Gasteiger charge is 2.10. The third-order valence-corrected chi connectivity index (χ3v) is 4.55. The van der Waals surface area contributed by atoms with Gasteiger partial charge in [0.25, 0.3) is 5.91 Å². The summed E-state index contributed by atoms with van der Waals surface area (Å²) in [6, 6.07) is 19.7. The second kappa shape index (κ2) is 6.78. The maximum absolute atomic E-state index is 12.4. The summed E-state index contributed by atoms with van der Waals surface area (Å²) in [5.41, 5.74) is 3.33. The molecular weight excluding hydrogens is 371 g/mol. The Morgan fingerprint density at radius 1 is 0.846 bits per heavy atom. The number of carbonyl (C=O) groups excluding carboxylic acids is 1. The van der Waals surface area contributed by atoms with Gasteiger partial charge in [-0.25, -0.2) is 0 Å². The van der Waals surface area contributed by atoms with Crippen LogP contribution in [0.25, 0.3) is 16.7 Å². The van der Waals surface area contributed by atoms with Crippen LogP contribution in [0.15, 0.2) is 66.7 Å². The zero-order chi connectivity index (χ0) is 18.1. The van der Waals surface area contributed by atoms with Crippen molar-refractivity contribution in [1.82, 2.24) is 15.0 Å². The summed E-state index contributed by atoms with van der Waals surface area (Å²) in [7, 11) is 0. The molecule has 0 spiro atoms. The third kappa shape index (κ3) is 3.27. The molecule has 1 heterocycles. The molecule has 128 valence electrons. The first-order valence-corrected chi connectivity index (χ1v) is 8.55. The average Bonchev–Trinajstić information content (AvgIpc) is 3.08. The third-order valence-electron chi connectivity index (χ3n) is 3.81. The number of benzene rings is 3. The molecule has 4 aromatic rings. The van der Waals surface area contributed by atoms with Crippen molar-refractivity contribution < 1.29 is 4.79 Å². The van der Waals surface area contributed by atoms with E-state index in [1.807, 2.05) is 36.4 Å². The molecule has 0 aliphatic rings. The SMILES string of the molecule is O=C(Nc1ccc2nn(-c3ccccc3)nc2c1)c1ccc(Cl)c(Cl)c1. The summed E-state index contributed by atoms with van der Waals surface area (Å²) in [5.74, 6) is -0.279. The van der Waals surface area contributed by atoms with Crippen LogP contribution in [0.2, 0.25) is 10.0 Å². The smallest absolute Gasteiger partial charge is 0.255 e. The van der Waals surface area contributed by atoms with Gasteiger partial charge in [0, 0.05) is 11.3 Å². The molecule has 3 aromatic carbocycles. The number of nitrogens with one attached hydrogen (secondary N) is 1. The predicted octanol–water partition coefficient (Wildman–Crippen LogP) is 4.98. The number of hydrogen-bond donors (Lipinski definition) is 1. The summed E-state index contributed by atoms with van der Waals surface area (Å²) < 4.78 is 0. The van der Waals surface area contributed by atoms with Gasteiger partial charge in [-0.15, -0.1) is 10.2 Å². The monoisotopic (exact) mass is 382 g/mol. The van der Waals surface area contributed by atoms with Gasteiger partial charge in [0.15, 0.2) is 0 Å². The van der Waals surface area contributed by atoms with E-state index in [-0.39, 0.29) is 5.91 Å². The first-order chi connectivity index (χ1) is 12.6. The zero-order valence-electron chi connectivity index (χ0n) is 13.4. The Morgan fingerprint density at radius 2 is 1.62 bits per heavy atom. The van der Waals surface area contributed by atoms with E-state index in [9.17, 15) is 4.79 Å². The molecule has 1 N–H and O–H groups in total. The number of halogens is 2. The van der Waals surface area contributed by atoms with Crippen LogP contribution in [0, 0.1) is 0 Å². The van der Waals surface area contributed by atoms with Gasteiger partial charge in [-0.1, -0.05) is 41.4 Å². The average molecular weight is 383 g/mol. The van der Waals surface area contributed by atoms with Crippen molar-refractivity contribution in [2.75, 3.05) is 5.32 Å². The van der Waals surface area contributed by atoms with Gasteiger partial charge in [0.05, 0.1) is 15.7 Å². The first-order valence-electron chi connectivity index (χ1n) is 7.79. The number of rotatable bonds is 3. The number of anilines is 1. The molecule has 5 nitrogen and oxygen atoms in total. The lowest BCUT2D eigenvalue weighted by molar-refractivity contribution is 0.102. The molecule has 0 atom stereocenters. The van der Waals surface area contributed by atoms with E-state index in [0.29, 0.717) is 26.8 Å². The highest BCUT2D eigenvalue weighted by molar-refractivity contribution is 6.42. The maximum atomic E-state index is 12.4. The minimum atomic E-state index is -0.279. The van der Waals surface area contributed by atoms with Gasteiger partial charge in [-0.05, 0) is 48.5 Å². The Bertz CT molecular complexity index is 1110. The van der Waals surface area contributed by atoms with Crippen LogP contribution >= 0.6 is 23.2 Å². The Hall–Kier alpha value is -2.89. The van der Waals surface area contributed by atoms with Crippen molar-refractivity contribution in [2.24, 2.45) is 0 Å². The van der Waals surface area contributed by atoms with E-state index in [0.717, 1.165) is 11.2 Å². The lowest BCUT2D eigenvalue weighted by Crippen LogP contribution is -2.11. The number of para-hydroxylation sites is 1. The van der Waals surface area contributed by atoms with Gasteiger partial charge in [0.1, 0.15) is 11.0 Å². The van der Waals surface area contributed by atoms with E-state index in [2.05, 4.69) is 15.5 Å². The zero-order valence-corrected chi connectivity index (χ0v) is 14.9. The molecule has 7 heteroatoms. The predicted molar refractivity (Wildman–Crippen MR) is 103 cm³/mol. The number of nitrogens with zero attached hydrogens (tertiary/aromatic N) is 3. The molecule has 0 unspecified atom stereocenters. The van der Waals surface area contributed by atoms with Crippen LogP contribution in [0.4, 0.5) is 5.69 Å². The fraction of sp³-hybridized carbons (Fsp3) is 0. The summed E-state index contributed by atoms with van der Waals surface area (Å²) in [6.45, 7) is 0. The standard InChI is InChI=1S/C19H12Cl2N4O/c20-15-8-6-12(10-16(15)21)19(26)22-13-7-9-17-18(11-13)24-25(23-17)14-4-2-1-3-5-14/h1-11H,(H,22,26). The Balaban J connectivity index is 1.61. The van der Waals surface area contributed by atoms with Gasteiger partial charge in [-0.2, -0.15) is 4.80 Å². The summed E-state index contributed by atoms with van der Waals surface area (Å²) >= 11 is 11.8. The molecular formula is C19H12Cl2N4O. The summed E-state index contributed by atoms with van der Waals surface area (Å²) in [5, 5.41) is 12.5. The van der Waals surface area contributed by atoms with E-state index >= 15 is 0 Å². The van der Waals surface area contributed by atoms with Crippen LogP contribution < -0.4 is 5.32 Å². The van der Waals surface area contributed by atoms with Crippen molar-refractivity contribution >= 4 is 45.8 Å².